The smallest absolute Gasteiger partial charge is 0.243 e. The predicted molar refractivity (Wildman–Crippen MR) is 73.8 cm³/mol. The van der Waals surface area contributed by atoms with Crippen LogP contribution in [0.15, 0.2) is 27.6 Å². The number of rotatable bonds is 7. The average molecular weight is 352 g/mol. The molecule has 9 heteroatoms. The van der Waals surface area contributed by atoms with Gasteiger partial charge in [0.25, 0.3) is 0 Å². The average Bonchev–Trinajstić information content (AvgIpc) is 2.31. The molecule has 0 radical (unpaired) electrons. The van der Waals surface area contributed by atoms with Gasteiger partial charge in [-0.2, -0.15) is 0 Å². The van der Waals surface area contributed by atoms with Gasteiger partial charge in [-0.1, -0.05) is 0 Å². The quantitative estimate of drug-likeness (QED) is 0.463. The number of hydrogen-bond acceptors (Lipinski definition) is 5. The van der Waals surface area contributed by atoms with Gasteiger partial charge >= 0.3 is 0 Å². The SMILES string of the molecule is NC(=O)COCCNS(=O)(=O)c1ccc(Br)c(N)c1. The van der Waals surface area contributed by atoms with Crippen LogP contribution < -0.4 is 16.2 Å². The Kier molecular flexibility index (Phi) is 5.73. The molecule has 0 saturated heterocycles. The van der Waals surface area contributed by atoms with E-state index in [4.69, 9.17) is 16.2 Å². The summed E-state index contributed by atoms with van der Waals surface area (Å²) in [6, 6.07) is 4.32. The number of carbonyl (C=O) groups excluding carboxylic acids is 1. The van der Waals surface area contributed by atoms with E-state index in [0.29, 0.717) is 10.2 Å². The lowest BCUT2D eigenvalue weighted by molar-refractivity contribution is -0.122. The van der Waals surface area contributed by atoms with Crippen molar-refractivity contribution in [3.05, 3.63) is 22.7 Å². The van der Waals surface area contributed by atoms with Crippen molar-refractivity contribution in [1.29, 1.82) is 0 Å². The Bertz CT molecular complexity index is 562. The fourth-order valence-electron chi connectivity index (χ4n) is 1.19. The molecule has 1 rings (SSSR count). The minimum Gasteiger partial charge on any atom is -0.398 e. The number of benzene rings is 1. The molecule has 0 fully saturated rings. The fourth-order valence-corrected chi connectivity index (χ4v) is 2.49. The van der Waals surface area contributed by atoms with Gasteiger partial charge in [0, 0.05) is 16.7 Å². The van der Waals surface area contributed by atoms with Crippen LogP contribution in [0.4, 0.5) is 5.69 Å². The summed E-state index contributed by atoms with van der Waals surface area (Å²) in [7, 11) is -3.65. The minimum absolute atomic E-state index is 0.0333. The summed E-state index contributed by atoms with van der Waals surface area (Å²) in [5, 5.41) is 0. The van der Waals surface area contributed by atoms with Crippen molar-refractivity contribution in [3.8, 4) is 0 Å². The molecule has 0 aliphatic heterocycles. The number of nitrogens with two attached hydrogens (primary N) is 2. The van der Waals surface area contributed by atoms with Crippen molar-refractivity contribution in [1.82, 2.24) is 4.72 Å². The summed E-state index contributed by atoms with van der Waals surface area (Å²) >= 11 is 3.18. The third kappa shape index (κ3) is 5.15. The highest BCUT2D eigenvalue weighted by atomic mass is 79.9. The van der Waals surface area contributed by atoms with Gasteiger partial charge in [0.15, 0.2) is 0 Å². The predicted octanol–water partition coefficient (Wildman–Crippen LogP) is -0.188. The number of sulfonamides is 1. The largest absolute Gasteiger partial charge is 0.398 e. The Morgan fingerprint density at radius 1 is 1.42 bits per heavy atom. The Hall–Kier alpha value is -1.16. The first-order valence-electron chi connectivity index (χ1n) is 5.23. The van der Waals surface area contributed by atoms with E-state index in [1.165, 1.54) is 12.1 Å². The fraction of sp³-hybridized carbons (Fsp3) is 0.300. The molecule has 0 spiro atoms. The van der Waals surface area contributed by atoms with E-state index < -0.39 is 15.9 Å². The lowest BCUT2D eigenvalue weighted by atomic mass is 10.3. The molecule has 7 nitrogen and oxygen atoms in total. The van der Waals surface area contributed by atoms with Gasteiger partial charge in [0.1, 0.15) is 6.61 Å². The van der Waals surface area contributed by atoms with E-state index in [9.17, 15) is 13.2 Å². The lowest BCUT2D eigenvalue weighted by Gasteiger charge is -2.08. The second kappa shape index (κ2) is 6.85. The minimum atomic E-state index is -3.65. The molecular weight excluding hydrogens is 338 g/mol. The van der Waals surface area contributed by atoms with Crippen LogP contribution in [-0.4, -0.2) is 34.1 Å². The molecule has 1 aromatic carbocycles. The van der Waals surface area contributed by atoms with E-state index in [-0.39, 0.29) is 24.7 Å². The van der Waals surface area contributed by atoms with Gasteiger partial charge in [0.05, 0.1) is 11.5 Å². The molecule has 0 saturated carbocycles. The maximum Gasteiger partial charge on any atom is 0.243 e. The first kappa shape index (κ1) is 15.9. The summed E-state index contributed by atoms with van der Waals surface area (Å²) in [5.74, 6) is -0.608. The molecule has 0 heterocycles. The second-order valence-electron chi connectivity index (χ2n) is 3.60. The zero-order valence-electron chi connectivity index (χ0n) is 9.93. The van der Waals surface area contributed by atoms with Gasteiger partial charge in [0.2, 0.25) is 15.9 Å². The van der Waals surface area contributed by atoms with Crippen LogP contribution in [0.3, 0.4) is 0 Å². The first-order valence-corrected chi connectivity index (χ1v) is 7.51. The van der Waals surface area contributed by atoms with E-state index in [1.54, 1.807) is 6.07 Å². The van der Waals surface area contributed by atoms with Gasteiger partial charge in [-0.05, 0) is 34.1 Å². The maximum absolute atomic E-state index is 11.9. The monoisotopic (exact) mass is 351 g/mol. The van der Waals surface area contributed by atoms with Gasteiger partial charge < -0.3 is 16.2 Å². The van der Waals surface area contributed by atoms with Crippen molar-refractivity contribution < 1.29 is 17.9 Å². The highest BCUT2D eigenvalue weighted by Gasteiger charge is 2.14. The number of nitrogen functional groups attached to an aromatic ring is 1. The number of anilines is 1. The second-order valence-corrected chi connectivity index (χ2v) is 6.22. The van der Waals surface area contributed by atoms with Crippen LogP contribution in [0, 0.1) is 0 Å². The van der Waals surface area contributed by atoms with E-state index in [1.807, 2.05) is 0 Å². The van der Waals surface area contributed by atoms with E-state index >= 15 is 0 Å². The topological polar surface area (TPSA) is 125 Å². The molecule has 1 amide bonds. The van der Waals surface area contributed by atoms with Crippen LogP contribution in [0.25, 0.3) is 0 Å². The van der Waals surface area contributed by atoms with Crippen LogP contribution >= 0.6 is 15.9 Å². The van der Waals surface area contributed by atoms with E-state index in [2.05, 4.69) is 20.7 Å². The Balaban J connectivity index is 2.56. The molecule has 0 bridgehead atoms. The molecule has 1 aromatic rings. The number of ether oxygens (including phenoxy) is 1. The number of hydrogen-bond donors (Lipinski definition) is 3. The molecule has 5 N–H and O–H groups in total. The molecule has 19 heavy (non-hydrogen) atoms. The summed E-state index contributed by atoms with van der Waals surface area (Å²) in [4.78, 5) is 10.4. The third-order valence-electron chi connectivity index (χ3n) is 2.06. The molecule has 106 valence electrons. The van der Waals surface area contributed by atoms with Crippen LogP contribution in [0.2, 0.25) is 0 Å². The molecule has 0 aliphatic rings. The summed E-state index contributed by atoms with van der Waals surface area (Å²) in [6.07, 6.45) is 0. The number of nitrogens with one attached hydrogen (secondary N) is 1. The normalized spacial score (nSPS) is 11.4. The van der Waals surface area contributed by atoms with Crippen molar-refractivity contribution in [2.45, 2.75) is 4.90 Å². The van der Waals surface area contributed by atoms with Gasteiger partial charge in [-0.25, -0.2) is 13.1 Å². The molecule has 0 atom stereocenters. The third-order valence-corrected chi connectivity index (χ3v) is 4.24. The van der Waals surface area contributed by atoms with Crippen LogP contribution in [0.5, 0.6) is 0 Å². The maximum atomic E-state index is 11.9. The number of amides is 1. The number of carbonyl (C=O) groups is 1. The van der Waals surface area contributed by atoms with Crippen molar-refractivity contribution in [3.63, 3.8) is 0 Å². The molecule has 0 unspecified atom stereocenters. The molecule has 0 aromatic heterocycles. The highest BCUT2D eigenvalue weighted by molar-refractivity contribution is 9.10. The Labute approximate surface area is 119 Å². The number of primary amides is 1. The lowest BCUT2D eigenvalue weighted by Crippen LogP contribution is -2.29. The van der Waals surface area contributed by atoms with Crippen LogP contribution in [0.1, 0.15) is 0 Å². The standard InChI is InChI=1S/C10H14BrN3O4S/c11-8-2-1-7(5-9(8)12)19(16,17)14-3-4-18-6-10(13)15/h1-2,5,14H,3-4,6,12H2,(H2,13,15). The Morgan fingerprint density at radius 2 is 2.11 bits per heavy atom. The number of halogens is 1. The van der Waals surface area contributed by atoms with Crippen molar-refractivity contribution in [2.24, 2.45) is 5.73 Å². The first-order chi connectivity index (χ1) is 8.83. The summed E-state index contributed by atoms with van der Waals surface area (Å²) in [5.41, 5.74) is 10.8. The summed E-state index contributed by atoms with van der Waals surface area (Å²) < 4.78 is 31.5. The summed E-state index contributed by atoms with van der Waals surface area (Å²) in [6.45, 7) is -0.160. The molecule has 0 aliphatic carbocycles. The zero-order valence-corrected chi connectivity index (χ0v) is 12.3. The zero-order chi connectivity index (χ0) is 14.5. The van der Waals surface area contributed by atoms with Gasteiger partial charge in [-0.3, -0.25) is 4.79 Å². The highest BCUT2D eigenvalue weighted by Crippen LogP contribution is 2.22. The van der Waals surface area contributed by atoms with Crippen molar-refractivity contribution >= 4 is 37.5 Å². The molecular formula is C10H14BrN3O4S. The Morgan fingerprint density at radius 3 is 2.68 bits per heavy atom. The van der Waals surface area contributed by atoms with Gasteiger partial charge in [-0.15, -0.1) is 0 Å². The van der Waals surface area contributed by atoms with Crippen molar-refractivity contribution in [2.75, 3.05) is 25.5 Å². The van der Waals surface area contributed by atoms with Crippen LogP contribution in [-0.2, 0) is 19.6 Å². The van der Waals surface area contributed by atoms with E-state index in [0.717, 1.165) is 0 Å².